The SMILES string of the molecule is CC1C=C(OCC2(CC3CCCCC3)N=C(N)N(C)C2=O)C=CC1. The van der Waals surface area contributed by atoms with Gasteiger partial charge < -0.3 is 10.5 Å². The molecule has 5 nitrogen and oxygen atoms in total. The molecular weight excluding hydrogens is 302 g/mol. The first-order valence-corrected chi connectivity index (χ1v) is 9.15. The van der Waals surface area contributed by atoms with Crippen molar-refractivity contribution in [1.82, 2.24) is 4.90 Å². The number of hydrogen-bond donors (Lipinski definition) is 1. The summed E-state index contributed by atoms with van der Waals surface area (Å²) in [5, 5.41) is 0. The maximum atomic E-state index is 12.9. The van der Waals surface area contributed by atoms with E-state index in [1.807, 2.05) is 6.08 Å². The molecule has 0 bridgehead atoms. The molecule has 132 valence electrons. The van der Waals surface area contributed by atoms with Gasteiger partial charge in [-0.25, -0.2) is 4.99 Å². The molecule has 2 N–H and O–H groups in total. The third-order valence-electron chi connectivity index (χ3n) is 5.44. The average Bonchev–Trinajstić information content (AvgIpc) is 2.78. The molecule has 1 amide bonds. The molecule has 0 aromatic carbocycles. The summed E-state index contributed by atoms with van der Waals surface area (Å²) in [5.74, 6) is 2.12. The zero-order chi connectivity index (χ0) is 17.2. The van der Waals surface area contributed by atoms with Gasteiger partial charge in [0, 0.05) is 7.05 Å². The number of hydrogen-bond acceptors (Lipinski definition) is 4. The third kappa shape index (κ3) is 3.50. The second-order valence-corrected chi connectivity index (χ2v) is 7.55. The molecule has 3 rings (SSSR count). The quantitative estimate of drug-likeness (QED) is 0.842. The van der Waals surface area contributed by atoms with E-state index in [9.17, 15) is 4.79 Å². The minimum atomic E-state index is -0.851. The van der Waals surface area contributed by atoms with E-state index in [-0.39, 0.29) is 12.5 Å². The lowest BCUT2D eigenvalue weighted by Crippen LogP contribution is -2.46. The van der Waals surface area contributed by atoms with Crippen molar-refractivity contribution in [2.45, 2.75) is 57.4 Å². The van der Waals surface area contributed by atoms with Crippen molar-refractivity contribution < 1.29 is 9.53 Å². The summed E-state index contributed by atoms with van der Waals surface area (Å²) in [5.41, 5.74) is 5.10. The number of allylic oxidation sites excluding steroid dienone is 3. The van der Waals surface area contributed by atoms with E-state index in [1.54, 1.807) is 7.05 Å². The molecule has 2 aliphatic carbocycles. The molecule has 0 spiro atoms. The van der Waals surface area contributed by atoms with Crippen LogP contribution in [0.4, 0.5) is 0 Å². The molecule has 5 heteroatoms. The zero-order valence-electron chi connectivity index (χ0n) is 14.8. The van der Waals surface area contributed by atoms with Crippen molar-refractivity contribution in [3.05, 3.63) is 24.0 Å². The smallest absolute Gasteiger partial charge is 0.260 e. The number of nitrogens with two attached hydrogens (primary N) is 1. The van der Waals surface area contributed by atoms with E-state index in [0.717, 1.165) is 18.6 Å². The number of nitrogens with zero attached hydrogens (tertiary/aromatic N) is 2. The van der Waals surface area contributed by atoms with Gasteiger partial charge in [-0.2, -0.15) is 0 Å². The first kappa shape index (κ1) is 17.1. The second kappa shape index (κ2) is 6.99. The molecule has 1 saturated carbocycles. The summed E-state index contributed by atoms with van der Waals surface area (Å²) >= 11 is 0. The minimum absolute atomic E-state index is 0.0287. The van der Waals surface area contributed by atoms with Gasteiger partial charge in [-0.3, -0.25) is 9.69 Å². The Labute approximate surface area is 144 Å². The molecule has 0 radical (unpaired) electrons. The predicted molar refractivity (Wildman–Crippen MR) is 95.3 cm³/mol. The fourth-order valence-electron chi connectivity index (χ4n) is 4.01. The van der Waals surface area contributed by atoms with E-state index in [1.165, 1.54) is 37.0 Å². The van der Waals surface area contributed by atoms with Crippen LogP contribution >= 0.6 is 0 Å². The van der Waals surface area contributed by atoms with Crippen molar-refractivity contribution in [3.8, 4) is 0 Å². The molecule has 1 heterocycles. The monoisotopic (exact) mass is 331 g/mol. The van der Waals surface area contributed by atoms with Crippen molar-refractivity contribution >= 4 is 11.9 Å². The highest BCUT2D eigenvalue weighted by Gasteiger charge is 2.48. The molecule has 1 fully saturated rings. The molecule has 0 aromatic heterocycles. The molecule has 0 saturated heterocycles. The highest BCUT2D eigenvalue weighted by atomic mass is 16.5. The maximum absolute atomic E-state index is 12.9. The van der Waals surface area contributed by atoms with Crippen LogP contribution in [0.1, 0.15) is 51.9 Å². The molecule has 1 aliphatic heterocycles. The lowest BCUT2D eigenvalue weighted by Gasteiger charge is -2.31. The Hall–Kier alpha value is -1.78. The Kier molecular flexibility index (Phi) is 4.97. The van der Waals surface area contributed by atoms with Crippen LogP contribution in [0.15, 0.2) is 29.0 Å². The first-order valence-electron chi connectivity index (χ1n) is 9.15. The number of carbonyl (C=O) groups excluding carboxylic acids is 1. The normalized spacial score (nSPS) is 31.2. The second-order valence-electron chi connectivity index (χ2n) is 7.55. The van der Waals surface area contributed by atoms with Crippen LogP contribution in [0.5, 0.6) is 0 Å². The summed E-state index contributed by atoms with van der Waals surface area (Å²) in [4.78, 5) is 18.9. The summed E-state index contributed by atoms with van der Waals surface area (Å²) in [6.45, 7) is 2.44. The standard InChI is InChI=1S/C19H29N3O2/c1-14-7-6-10-16(11-14)24-13-19(12-15-8-4-3-5-9-15)17(23)22(2)18(20)21-19/h6,10-11,14-15H,3-5,7-9,12-13H2,1-2H3,(H2,20,21). The Balaban J connectivity index is 1.75. The van der Waals surface area contributed by atoms with Crippen LogP contribution in [0.3, 0.4) is 0 Å². The Morgan fingerprint density at radius 2 is 2.12 bits per heavy atom. The number of likely N-dealkylation sites (N-methyl/N-ethyl adjacent to an activating group) is 1. The molecule has 2 unspecified atom stereocenters. The van der Waals surface area contributed by atoms with Gasteiger partial charge in [0.1, 0.15) is 12.4 Å². The number of aliphatic imine (C=N–C) groups is 1. The molecular formula is C19H29N3O2. The first-order chi connectivity index (χ1) is 11.5. The number of guanidine groups is 1. The van der Waals surface area contributed by atoms with Gasteiger partial charge in [0.2, 0.25) is 0 Å². The largest absolute Gasteiger partial charge is 0.491 e. The van der Waals surface area contributed by atoms with Crippen molar-refractivity contribution in [2.24, 2.45) is 22.6 Å². The number of amides is 1. The van der Waals surface area contributed by atoms with Gasteiger partial charge in [-0.05, 0) is 36.8 Å². The Morgan fingerprint density at radius 1 is 1.38 bits per heavy atom. The maximum Gasteiger partial charge on any atom is 0.260 e. The van der Waals surface area contributed by atoms with E-state index < -0.39 is 5.54 Å². The van der Waals surface area contributed by atoms with Crippen LogP contribution in [-0.2, 0) is 9.53 Å². The third-order valence-corrected chi connectivity index (χ3v) is 5.44. The lowest BCUT2D eigenvalue weighted by atomic mass is 9.79. The van der Waals surface area contributed by atoms with Crippen LogP contribution in [0, 0.1) is 11.8 Å². The molecule has 2 atom stereocenters. The molecule has 0 aromatic rings. The number of ether oxygens (including phenoxy) is 1. The van der Waals surface area contributed by atoms with E-state index >= 15 is 0 Å². The number of rotatable bonds is 5. The summed E-state index contributed by atoms with van der Waals surface area (Å²) < 4.78 is 6.01. The van der Waals surface area contributed by atoms with Gasteiger partial charge >= 0.3 is 0 Å². The van der Waals surface area contributed by atoms with Crippen LogP contribution in [0.25, 0.3) is 0 Å². The predicted octanol–water partition coefficient (Wildman–Crippen LogP) is 2.98. The summed E-state index contributed by atoms with van der Waals surface area (Å²) in [6, 6.07) is 0. The van der Waals surface area contributed by atoms with Crippen LogP contribution in [-0.4, -0.2) is 36.0 Å². The van der Waals surface area contributed by atoms with Crippen molar-refractivity contribution in [1.29, 1.82) is 0 Å². The fourth-order valence-corrected chi connectivity index (χ4v) is 4.01. The molecule has 3 aliphatic rings. The van der Waals surface area contributed by atoms with Crippen molar-refractivity contribution in [3.63, 3.8) is 0 Å². The summed E-state index contributed by atoms with van der Waals surface area (Å²) in [7, 11) is 1.70. The average molecular weight is 331 g/mol. The Morgan fingerprint density at radius 3 is 2.75 bits per heavy atom. The van der Waals surface area contributed by atoms with Crippen LogP contribution < -0.4 is 5.73 Å². The van der Waals surface area contributed by atoms with E-state index in [2.05, 4.69) is 24.1 Å². The topological polar surface area (TPSA) is 67.9 Å². The van der Waals surface area contributed by atoms with Gasteiger partial charge in [-0.15, -0.1) is 0 Å². The number of carbonyl (C=O) groups is 1. The molecule has 24 heavy (non-hydrogen) atoms. The van der Waals surface area contributed by atoms with Crippen LogP contribution in [0.2, 0.25) is 0 Å². The highest BCUT2D eigenvalue weighted by molar-refractivity contribution is 6.06. The Bertz CT molecular complexity index is 575. The summed E-state index contributed by atoms with van der Waals surface area (Å²) in [6.07, 6.45) is 14.1. The van der Waals surface area contributed by atoms with Gasteiger partial charge in [0.15, 0.2) is 11.5 Å². The van der Waals surface area contributed by atoms with E-state index in [0.29, 0.717) is 17.8 Å². The van der Waals surface area contributed by atoms with Gasteiger partial charge in [0.05, 0.1) is 0 Å². The fraction of sp³-hybridized carbons (Fsp3) is 0.684. The zero-order valence-corrected chi connectivity index (χ0v) is 14.8. The van der Waals surface area contributed by atoms with Crippen molar-refractivity contribution in [2.75, 3.05) is 13.7 Å². The van der Waals surface area contributed by atoms with E-state index in [4.69, 9.17) is 10.5 Å². The lowest BCUT2D eigenvalue weighted by molar-refractivity contribution is -0.132. The highest BCUT2D eigenvalue weighted by Crippen LogP contribution is 2.36. The van der Waals surface area contributed by atoms with Gasteiger partial charge in [-0.1, -0.05) is 45.1 Å². The minimum Gasteiger partial charge on any atom is -0.491 e. The van der Waals surface area contributed by atoms with Gasteiger partial charge in [0.25, 0.3) is 5.91 Å².